The van der Waals surface area contributed by atoms with E-state index in [-0.39, 0.29) is 29.5 Å². The van der Waals surface area contributed by atoms with Crippen molar-refractivity contribution in [1.82, 2.24) is 9.80 Å². The molecule has 0 N–H and O–H groups in total. The SMILES string of the molecule is CC1CCN(C(=O)C2CCN(C(=O)C(C)Cc3cccc(F)c3)CC2)CC1. The van der Waals surface area contributed by atoms with Gasteiger partial charge in [0.25, 0.3) is 0 Å². The average Bonchev–Trinajstić information content (AvgIpc) is 2.67. The molecule has 0 aliphatic carbocycles. The van der Waals surface area contributed by atoms with Crippen molar-refractivity contribution in [3.63, 3.8) is 0 Å². The summed E-state index contributed by atoms with van der Waals surface area (Å²) >= 11 is 0. The molecule has 2 aliphatic heterocycles. The minimum absolute atomic E-state index is 0.0565. The molecule has 4 nitrogen and oxygen atoms in total. The number of rotatable bonds is 4. The highest BCUT2D eigenvalue weighted by Crippen LogP contribution is 2.25. The maximum Gasteiger partial charge on any atom is 0.225 e. The summed E-state index contributed by atoms with van der Waals surface area (Å²) in [6.07, 6.45) is 4.25. The van der Waals surface area contributed by atoms with Gasteiger partial charge in [0.05, 0.1) is 0 Å². The third-order valence-corrected chi connectivity index (χ3v) is 6.10. The molecule has 148 valence electrons. The number of amides is 2. The van der Waals surface area contributed by atoms with Gasteiger partial charge in [0.2, 0.25) is 11.8 Å². The number of carbonyl (C=O) groups excluding carboxylic acids is 2. The van der Waals surface area contributed by atoms with Crippen LogP contribution in [-0.4, -0.2) is 47.8 Å². The number of benzene rings is 1. The first-order valence-corrected chi connectivity index (χ1v) is 10.3. The Morgan fingerprint density at radius 3 is 2.33 bits per heavy atom. The second kappa shape index (κ2) is 8.85. The predicted octanol–water partition coefficient (Wildman–Crippen LogP) is 3.50. The summed E-state index contributed by atoms with van der Waals surface area (Å²) in [6.45, 7) is 7.20. The van der Waals surface area contributed by atoms with E-state index in [9.17, 15) is 14.0 Å². The molecular weight excluding hydrogens is 343 g/mol. The molecule has 2 saturated heterocycles. The lowest BCUT2D eigenvalue weighted by Gasteiger charge is -2.37. The second-order valence-corrected chi connectivity index (χ2v) is 8.34. The fraction of sp³-hybridized carbons (Fsp3) is 0.636. The van der Waals surface area contributed by atoms with Gasteiger partial charge in [-0.15, -0.1) is 0 Å². The molecule has 2 aliphatic rings. The Labute approximate surface area is 161 Å². The lowest BCUT2D eigenvalue weighted by Crippen LogP contribution is -2.47. The van der Waals surface area contributed by atoms with Crippen LogP contribution in [0.1, 0.15) is 45.1 Å². The van der Waals surface area contributed by atoms with Crippen LogP contribution in [0, 0.1) is 23.6 Å². The van der Waals surface area contributed by atoms with Gasteiger partial charge in [0.15, 0.2) is 0 Å². The van der Waals surface area contributed by atoms with E-state index in [2.05, 4.69) is 6.92 Å². The molecule has 0 spiro atoms. The van der Waals surface area contributed by atoms with Gasteiger partial charge in [-0.1, -0.05) is 26.0 Å². The Morgan fingerprint density at radius 1 is 1.07 bits per heavy atom. The summed E-state index contributed by atoms with van der Waals surface area (Å²) < 4.78 is 13.3. The zero-order valence-electron chi connectivity index (χ0n) is 16.5. The number of nitrogens with zero attached hydrogens (tertiary/aromatic N) is 2. The van der Waals surface area contributed by atoms with Crippen molar-refractivity contribution < 1.29 is 14.0 Å². The normalized spacial score (nSPS) is 20.6. The molecular formula is C22H31FN2O2. The number of piperidine rings is 2. The van der Waals surface area contributed by atoms with E-state index < -0.39 is 0 Å². The fourth-order valence-electron chi connectivity index (χ4n) is 4.25. The molecule has 2 fully saturated rings. The van der Waals surface area contributed by atoms with E-state index in [0.29, 0.717) is 25.4 Å². The number of hydrogen-bond acceptors (Lipinski definition) is 2. The maximum absolute atomic E-state index is 13.3. The zero-order chi connectivity index (χ0) is 19.4. The van der Waals surface area contributed by atoms with Crippen molar-refractivity contribution in [1.29, 1.82) is 0 Å². The summed E-state index contributed by atoms with van der Waals surface area (Å²) in [5, 5.41) is 0. The van der Waals surface area contributed by atoms with Crippen LogP contribution in [0.4, 0.5) is 4.39 Å². The second-order valence-electron chi connectivity index (χ2n) is 8.34. The van der Waals surface area contributed by atoms with E-state index in [1.807, 2.05) is 22.8 Å². The minimum atomic E-state index is -0.265. The van der Waals surface area contributed by atoms with Crippen molar-refractivity contribution in [2.24, 2.45) is 17.8 Å². The third kappa shape index (κ3) is 5.08. The van der Waals surface area contributed by atoms with Crippen LogP contribution in [0.15, 0.2) is 24.3 Å². The van der Waals surface area contributed by atoms with Gasteiger partial charge >= 0.3 is 0 Å². The van der Waals surface area contributed by atoms with Crippen LogP contribution in [0.25, 0.3) is 0 Å². The van der Waals surface area contributed by atoms with Crippen LogP contribution in [0.5, 0.6) is 0 Å². The van der Waals surface area contributed by atoms with E-state index in [1.165, 1.54) is 12.1 Å². The predicted molar refractivity (Wildman–Crippen MR) is 104 cm³/mol. The van der Waals surface area contributed by atoms with Crippen molar-refractivity contribution in [3.8, 4) is 0 Å². The molecule has 2 amide bonds. The van der Waals surface area contributed by atoms with Gasteiger partial charge in [-0.3, -0.25) is 9.59 Å². The smallest absolute Gasteiger partial charge is 0.225 e. The number of carbonyl (C=O) groups is 2. The zero-order valence-corrected chi connectivity index (χ0v) is 16.5. The molecule has 0 saturated carbocycles. The number of likely N-dealkylation sites (tertiary alicyclic amines) is 2. The molecule has 0 bridgehead atoms. The topological polar surface area (TPSA) is 40.6 Å². The summed E-state index contributed by atoms with van der Waals surface area (Å²) in [5.74, 6) is 0.717. The summed E-state index contributed by atoms with van der Waals surface area (Å²) in [5.41, 5.74) is 0.847. The van der Waals surface area contributed by atoms with Gasteiger partial charge in [-0.2, -0.15) is 0 Å². The monoisotopic (exact) mass is 374 g/mol. The first kappa shape index (κ1) is 19.8. The highest BCUT2D eigenvalue weighted by atomic mass is 19.1. The highest BCUT2D eigenvalue weighted by Gasteiger charge is 2.32. The van der Waals surface area contributed by atoms with E-state index in [0.717, 1.165) is 44.3 Å². The molecule has 1 unspecified atom stereocenters. The average molecular weight is 375 g/mol. The third-order valence-electron chi connectivity index (χ3n) is 6.10. The molecule has 1 aromatic rings. The molecule has 1 aromatic carbocycles. The first-order valence-electron chi connectivity index (χ1n) is 10.3. The Kier molecular flexibility index (Phi) is 6.51. The first-order chi connectivity index (χ1) is 12.9. The minimum Gasteiger partial charge on any atom is -0.342 e. The molecule has 2 heterocycles. The molecule has 5 heteroatoms. The van der Waals surface area contributed by atoms with E-state index >= 15 is 0 Å². The lowest BCUT2D eigenvalue weighted by atomic mass is 9.91. The van der Waals surface area contributed by atoms with Crippen molar-refractivity contribution in [3.05, 3.63) is 35.6 Å². The quantitative estimate of drug-likeness (QED) is 0.809. The lowest BCUT2D eigenvalue weighted by molar-refractivity contribution is -0.143. The van der Waals surface area contributed by atoms with Crippen LogP contribution in [0.2, 0.25) is 0 Å². The van der Waals surface area contributed by atoms with E-state index in [4.69, 9.17) is 0 Å². The molecule has 1 atom stereocenters. The van der Waals surface area contributed by atoms with Gasteiger partial charge < -0.3 is 9.80 Å². The van der Waals surface area contributed by atoms with Crippen molar-refractivity contribution in [2.45, 2.75) is 46.0 Å². The molecule has 0 aromatic heterocycles. The highest BCUT2D eigenvalue weighted by molar-refractivity contribution is 5.81. The van der Waals surface area contributed by atoms with Crippen LogP contribution < -0.4 is 0 Å². The van der Waals surface area contributed by atoms with Gasteiger partial charge in [-0.25, -0.2) is 4.39 Å². The maximum atomic E-state index is 13.3. The Hall–Kier alpha value is -1.91. The van der Waals surface area contributed by atoms with E-state index in [1.54, 1.807) is 6.07 Å². The summed E-state index contributed by atoms with van der Waals surface area (Å²) in [7, 11) is 0. The van der Waals surface area contributed by atoms with Crippen molar-refractivity contribution in [2.75, 3.05) is 26.2 Å². The van der Waals surface area contributed by atoms with Crippen LogP contribution >= 0.6 is 0 Å². The fourth-order valence-corrected chi connectivity index (χ4v) is 4.25. The summed E-state index contributed by atoms with van der Waals surface area (Å²) in [6, 6.07) is 6.45. The molecule has 0 radical (unpaired) electrons. The van der Waals surface area contributed by atoms with Crippen molar-refractivity contribution >= 4 is 11.8 Å². The Balaban J connectivity index is 1.48. The van der Waals surface area contributed by atoms with Gasteiger partial charge in [0.1, 0.15) is 5.82 Å². The van der Waals surface area contributed by atoms with Gasteiger partial charge in [0, 0.05) is 38.0 Å². The standard InChI is InChI=1S/C22H31FN2O2/c1-16-6-10-25(11-7-16)22(27)19-8-12-24(13-9-19)21(26)17(2)14-18-4-3-5-20(23)15-18/h3-5,15-17,19H,6-14H2,1-2H3. The summed E-state index contributed by atoms with van der Waals surface area (Å²) in [4.78, 5) is 29.4. The van der Waals surface area contributed by atoms with Crippen LogP contribution in [0.3, 0.4) is 0 Å². The Bertz CT molecular complexity index is 662. The number of halogens is 1. The number of hydrogen-bond donors (Lipinski definition) is 0. The Morgan fingerprint density at radius 2 is 1.70 bits per heavy atom. The van der Waals surface area contributed by atoms with Crippen LogP contribution in [-0.2, 0) is 16.0 Å². The van der Waals surface area contributed by atoms with Gasteiger partial charge in [-0.05, 0) is 55.7 Å². The molecule has 27 heavy (non-hydrogen) atoms. The molecule has 3 rings (SSSR count). The largest absolute Gasteiger partial charge is 0.342 e.